The standard InChI is InChI=1S/C10H20O2Si/c1-4-8-13(12-3,9-5-2)10-6-7-11/h4-5,11H,1-2,6-10H2,3H3. The minimum atomic E-state index is -1.69. The Morgan fingerprint density at radius 3 is 2.15 bits per heavy atom. The second kappa shape index (κ2) is 7.06. The van der Waals surface area contributed by atoms with Gasteiger partial charge in [0.15, 0.2) is 8.32 Å². The van der Waals surface area contributed by atoms with Crippen molar-refractivity contribution >= 4 is 8.32 Å². The zero-order valence-corrected chi connectivity index (χ0v) is 9.46. The summed E-state index contributed by atoms with van der Waals surface area (Å²) in [6, 6.07) is 2.86. The molecule has 76 valence electrons. The Hall–Kier alpha value is -0.383. The maximum atomic E-state index is 8.78. The van der Waals surface area contributed by atoms with Crippen LogP contribution in [0.3, 0.4) is 0 Å². The van der Waals surface area contributed by atoms with Crippen molar-refractivity contribution in [2.45, 2.75) is 24.6 Å². The number of rotatable bonds is 8. The highest BCUT2D eigenvalue weighted by Crippen LogP contribution is 2.24. The average molecular weight is 200 g/mol. The Balaban J connectivity index is 4.23. The summed E-state index contributed by atoms with van der Waals surface area (Å²) < 4.78 is 5.61. The first-order valence-electron chi connectivity index (χ1n) is 4.62. The Bertz CT molecular complexity index is 147. The van der Waals surface area contributed by atoms with Crippen LogP contribution in [-0.2, 0) is 4.43 Å². The Labute approximate surface area is 82.1 Å². The molecule has 0 amide bonds. The molecule has 0 heterocycles. The van der Waals surface area contributed by atoms with Gasteiger partial charge in [-0.1, -0.05) is 12.2 Å². The summed E-state index contributed by atoms with van der Waals surface area (Å²) in [6.45, 7) is 7.73. The Morgan fingerprint density at radius 1 is 1.31 bits per heavy atom. The molecule has 0 saturated carbocycles. The van der Waals surface area contributed by atoms with Crippen molar-refractivity contribution in [3.05, 3.63) is 25.3 Å². The fourth-order valence-corrected chi connectivity index (χ4v) is 4.45. The van der Waals surface area contributed by atoms with E-state index < -0.39 is 8.32 Å². The van der Waals surface area contributed by atoms with Gasteiger partial charge in [0, 0.05) is 13.7 Å². The molecule has 0 atom stereocenters. The molecule has 0 aromatic heterocycles. The van der Waals surface area contributed by atoms with E-state index >= 15 is 0 Å². The SMILES string of the molecule is C=CC[Si](CC=C)(CCCO)OC. The number of aliphatic hydroxyl groups excluding tert-OH is 1. The van der Waals surface area contributed by atoms with Crippen LogP contribution >= 0.6 is 0 Å². The summed E-state index contributed by atoms with van der Waals surface area (Å²) >= 11 is 0. The first-order chi connectivity index (χ1) is 6.24. The number of allylic oxidation sites excluding steroid dienone is 2. The van der Waals surface area contributed by atoms with Gasteiger partial charge in [0.1, 0.15) is 0 Å². The van der Waals surface area contributed by atoms with Crippen molar-refractivity contribution in [2.75, 3.05) is 13.7 Å². The topological polar surface area (TPSA) is 29.5 Å². The quantitative estimate of drug-likeness (QED) is 0.481. The molecule has 0 fully saturated rings. The molecule has 0 aliphatic rings. The van der Waals surface area contributed by atoms with Crippen LogP contribution in [0.25, 0.3) is 0 Å². The number of aliphatic hydroxyl groups is 1. The third kappa shape index (κ3) is 4.41. The normalized spacial score (nSPS) is 11.2. The second-order valence-electron chi connectivity index (χ2n) is 3.20. The van der Waals surface area contributed by atoms with E-state index in [2.05, 4.69) is 13.2 Å². The van der Waals surface area contributed by atoms with Crippen LogP contribution in [-0.4, -0.2) is 27.1 Å². The van der Waals surface area contributed by atoms with Gasteiger partial charge < -0.3 is 9.53 Å². The molecule has 0 radical (unpaired) electrons. The van der Waals surface area contributed by atoms with E-state index in [4.69, 9.17) is 9.53 Å². The smallest absolute Gasteiger partial charge is 0.199 e. The molecule has 0 aromatic carbocycles. The monoisotopic (exact) mass is 200 g/mol. The Morgan fingerprint density at radius 2 is 1.85 bits per heavy atom. The molecule has 1 N–H and O–H groups in total. The molecule has 0 unspecified atom stereocenters. The lowest BCUT2D eigenvalue weighted by molar-refractivity contribution is 0.289. The third-order valence-corrected chi connectivity index (χ3v) is 6.45. The van der Waals surface area contributed by atoms with Crippen molar-refractivity contribution in [1.82, 2.24) is 0 Å². The molecule has 2 nitrogen and oxygen atoms in total. The summed E-state index contributed by atoms with van der Waals surface area (Å²) in [7, 11) is 0.0739. The highest BCUT2D eigenvalue weighted by molar-refractivity contribution is 6.74. The van der Waals surface area contributed by atoms with Crippen molar-refractivity contribution < 1.29 is 9.53 Å². The molecule has 0 spiro atoms. The van der Waals surface area contributed by atoms with Crippen LogP contribution in [0, 0.1) is 0 Å². The zero-order chi connectivity index (χ0) is 10.2. The van der Waals surface area contributed by atoms with E-state index in [-0.39, 0.29) is 6.61 Å². The minimum Gasteiger partial charge on any atom is -0.419 e. The zero-order valence-electron chi connectivity index (χ0n) is 8.46. The Kier molecular flexibility index (Phi) is 6.85. The van der Waals surface area contributed by atoms with Crippen LogP contribution in [0.5, 0.6) is 0 Å². The summed E-state index contributed by atoms with van der Waals surface area (Å²) in [5, 5.41) is 8.78. The molecule has 0 bridgehead atoms. The largest absolute Gasteiger partial charge is 0.419 e. The van der Waals surface area contributed by atoms with E-state index in [1.54, 1.807) is 7.11 Å². The highest BCUT2D eigenvalue weighted by Gasteiger charge is 2.30. The van der Waals surface area contributed by atoms with Crippen molar-refractivity contribution in [2.24, 2.45) is 0 Å². The molecule has 0 aliphatic carbocycles. The van der Waals surface area contributed by atoms with Gasteiger partial charge in [0.25, 0.3) is 0 Å². The first kappa shape index (κ1) is 12.6. The average Bonchev–Trinajstić information content (AvgIpc) is 2.15. The van der Waals surface area contributed by atoms with Crippen LogP contribution < -0.4 is 0 Å². The lowest BCUT2D eigenvalue weighted by atomic mass is 10.5. The van der Waals surface area contributed by atoms with Crippen LogP contribution in [0.2, 0.25) is 18.1 Å². The highest BCUT2D eigenvalue weighted by atomic mass is 28.4. The van der Waals surface area contributed by atoms with Gasteiger partial charge in [-0.2, -0.15) is 0 Å². The number of hydrogen-bond donors (Lipinski definition) is 1. The number of hydrogen-bond acceptors (Lipinski definition) is 2. The van der Waals surface area contributed by atoms with Crippen molar-refractivity contribution in [1.29, 1.82) is 0 Å². The molecule has 3 heteroatoms. The van der Waals surface area contributed by atoms with Crippen molar-refractivity contribution in [3.63, 3.8) is 0 Å². The molecule has 0 aromatic rings. The predicted octanol–water partition coefficient (Wildman–Crippen LogP) is 2.33. The van der Waals surface area contributed by atoms with E-state index in [0.717, 1.165) is 24.6 Å². The lowest BCUT2D eigenvalue weighted by Crippen LogP contribution is -2.35. The summed E-state index contributed by atoms with van der Waals surface area (Å²) in [4.78, 5) is 0. The summed E-state index contributed by atoms with van der Waals surface area (Å²) in [5.74, 6) is 0. The molecule has 13 heavy (non-hydrogen) atoms. The second-order valence-corrected chi connectivity index (χ2v) is 7.29. The van der Waals surface area contributed by atoms with Gasteiger partial charge in [0.05, 0.1) is 0 Å². The van der Waals surface area contributed by atoms with Gasteiger partial charge in [0.2, 0.25) is 0 Å². The van der Waals surface area contributed by atoms with Gasteiger partial charge in [-0.25, -0.2) is 0 Å². The van der Waals surface area contributed by atoms with Gasteiger partial charge in [-0.05, 0) is 24.6 Å². The van der Waals surface area contributed by atoms with Crippen LogP contribution in [0.1, 0.15) is 6.42 Å². The minimum absolute atomic E-state index is 0.242. The van der Waals surface area contributed by atoms with E-state index in [1.165, 1.54) is 0 Å². The van der Waals surface area contributed by atoms with Crippen LogP contribution in [0.4, 0.5) is 0 Å². The fourth-order valence-electron chi connectivity index (χ4n) is 1.48. The van der Waals surface area contributed by atoms with Gasteiger partial charge >= 0.3 is 0 Å². The molecular formula is C10H20O2Si. The summed E-state index contributed by atoms with van der Waals surface area (Å²) in [5.41, 5.74) is 0. The van der Waals surface area contributed by atoms with Gasteiger partial charge in [-0.15, -0.1) is 13.2 Å². The summed E-state index contributed by atoms with van der Waals surface area (Å²) in [6.07, 6.45) is 4.65. The molecule has 0 rings (SSSR count). The first-order valence-corrected chi connectivity index (χ1v) is 7.15. The maximum Gasteiger partial charge on any atom is 0.199 e. The van der Waals surface area contributed by atoms with E-state index in [9.17, 15) is 0 Å². The lowest BCUT2D eigenvalue weighted by Gasteiger charge is -2.27. The van der Waals surface area contributed by atoms with Crippen LogP contribution in [0.15, 0.2) is 25.3 Å². The fraction of sp³-hybridized carbons (Fsp3) is 0.600. The molecule has 0 aliphatic heterocycles. The molecular weight excluding hydrogens is 180 g/mol. The molecule has 0 saturated heterocycles. The predicted molar refractivity (Wildman–Crippen MR) is 59.3 cm³/mol. The van der Waals surface area contributed by atoms with E-state index in [0.29, 0.717) is 0 Å². The van der Waals surface area contributed by atoms with Gasteiger partial charge in [-0.3, -0.25) is 0 Å². The van der Waals surface area contributed by atoms with E-state index in [1.807, 2.05) is 12.2 Å². The van der Waals surface area contributed by atoms with Crippen molar-refractivity contribution in [3.8, 4) is 0 Å². The third-order valence-electron chi connectivity index (χ3n) is 2.26. The maximum absolute atomic E-state index is 8.78.